The minimum absolute atomic E-state index is 0.0881. The first-order chi connectivity index (χ1) is 15.0. The molecule has 0 unspecified atom stereocenters. The molecule has 0 radical (unpaired) electrons. The maximum Gasteiger partial charge on any atom is 0.405 e. The molecule has 0 fully saturated rings. The van der Waals surface area contributed by atoms with Crippen LogP contribution in [0.25, 0.3) is 0 Å². The van der Waals surface area contributed by atoms with Crippen molar-refractivity contribution in [3.63, 3.8) is 0 Å². The number of nitrogens with one attached hydrogen (secondary N) is 2. The van der Waals surface area contributed by atoms with Gasteiger partial charge in [-0.25, -0.2) is 8.42 Å². The van der Waals surface area contributed by atoms with Gasteiger partial charge in [-0.1, -0.05) is 24.3 Å². The molecule has 2 aromatic carbocycles. The lowest BCUT2D eigenvalue weighted by Crippen LogP contribution is -2.33. The molecule has 32 heavy (non-hydrogen) atoms. The minimum atomic E-state index is -4.56. The Kier molecular flexibility index (Phi) is 6.68. The van der Waals surface area contributed by atoms with Crippen molar-refractivity contribution in [2.75, 3.05) is 11.9 Å². The highest BCUT2D eigenvalue weighted by atomic mass is 32.2. The molecule has 0 aliphatic heterocycles. The summed E-state index contributed by atoms with van der Waals surface area (Å²) in [5, 5.41) is 4.18. The highest BCUT2D eigenvalue weighted by Crippen LogP contribution is 2.21. The summed E-state index contributed by atoms with van der Waals surface area (Å²) in [6.45, 7) is -1.49. The van der Waals surface area contributed by atoms with Gasteiger partial charge in [0.1, 0.15) is 6.54 Å². The van der Waals surface area contributed by atoms with E-state index in [9.17, 15) is 31.2 Å². The Balaban J connectivity index is 1.73. The molecule has 1 heterocycles. The molecule has 0 spiro atoms. The zero-order valence-electron chi connectivity index (χ0n) is 16.3. The number of carbonyl (C=O) groups is 2. The third-order valence-electron chi connectivity index (χ3n) is 4.23. The fraction of sp³-hybridized carbons (Fsp3) is 0.143. The van der Waals surface area contributed by atoms with Crippen molar-refractivity contribution in [2.45, 2.75) is 16.8 Å². The minimum Gasteiger partial charge on any atom is -0.459 e. The number of hydrogen-bond donors (Lipinski definition) is 2. The third-order valence-corrected chi connectivity index (χ3v) is 5.91. The van der Waals surface area contributed by atoms with Gasteiger partial charge in [0.2, 0.25) is 0 Å². The quantitative estimate of drug-likeness (QED) is 0.551. The van der Waals surface area contributed by atoms with E-state index in [1.165, 1.54) is 48.7 Å². The van der Waals surface area contributed by atoms with Gasteiger partial charge in [0.15, 0.2) is 15.6 Å². The number of furan rings is 1. The van der Waals surface area contributed by atoms with Gasteiger partial charge in [-0.05, 0) is 36.4 Å². The Morgan fingerprint density at radius 3 is 2.34 bits per heavy atom. The Bertz CT molecular complexity index is 1220. The zero-order valence-corrected chi connectivity index (χ0v) is 17.2. The normalized spacial score (nSPS) is 11.7. The van der Waals surface area contributed by atoms with Crippen LogP contribution in [0, 0.1) is 0 Å². The molecule has 3 rings (SSSR count). The van der Waals surface area contributed by atoms with E-state index in [1.807, 2.05) is 0 Å². The molecule has 0 saturated carbocycles. The lowest BCUT2D eigenvalue weighted by atomic mass is 10.2. The summed E-state index contributed by atoms with van der Waals surface area (Å²) in [4.78, 5) is 24.6. The van der Waals surface area contributed by atoms with Gasteiger partial charge in [-0.15, -0.1) is 0 Å². The number of sulfone groups is 1. The molecule has 0 aliphatic rings. The summed E-state index contributed by atoms with van der Waals surface area (Å²) in [5.74, 6) is -2.46. The molecule has 2 amide bonds. The van der Waals surface area contributed by atoms with Crippen LogP contribution in [0.15, 0.2) is 76.2 Å². The molecule has 168 valence electrons. The standard InChI is InChI=1S/C21H17F3N2O5S/c22-21(23,24)13-25-19(27)14-5-4-6-16(11-14)26-20(28)18-15(9-10-31-18)12-32(29,30)17-7-2-1-3-8-17/h1-11H,12-13H2,(H,25,27)(H,26,28). The van der Waals surface area contributed by atoms with Crippen molar-refractivity contribution in [1.29, 1.82) is 0 Å². The summed E-state index contributed by atoms with van der Waals surface area (Å²) in [5.41, 5.74) is 0.145. The van der Waals surface area contributed by atoms with Gasteiger partial charge in [0.25, 0.3) is 11.8 Å². The van der Waals surface area contributed by atoms with E-state index >= 15 is 0 Å². The van der Waals surface area contributed by atoms with Crippen LogP contribution in [0.1, 0.15) is 26.5 Å². The number of halogens is 3. The molecule has 11 heteroatoms. The van der Waals surface area contributed by atoms with E-state index in [0.29, 0.717) is 0 Å². The first kappa shape index (κ1) is 23.1. The van der Waals surface area contributed by atoms with E-state index in [4.69, 9.17) is 4.42 Å². The smallest absolute Gasteiger partial charge is 0.405 e. The molecule has 0 aliphatic carbocycles. The van der Waals surface area contributed by atoms with Crippen molar-refractivity contribution >= 4 is 27.3 Å². The fourth-order valence-electron chi connectivity index (χ4n) is 2.77. The molecule has 0 bridgehead atoms. The van der Waals surface area contributed by atoms with Crippen molar-refractivity contribution in [1.82, 2.24) is 5.32 Å². The molecule has 0 saturated heterocycles. The summed E-state index contributed by atoms with van der Waals surface area (Å²) < 4.78 is 67.2. The van der Waals surface area contributed by atoms with Gasteiger partial charge in [0.05, 0.1) is 16.9 Å². The third kappa shape index (κ3) is 5.97. The molecule has 1 aromatic heterocycles. The topological polar surface area (TPSA) is 105 Å². The molecule has 3 aromatic rings. The predicted molar refractivity (Wildman–Crippen MR) is 109 cm³/mol. The second-order valence-corrected chi connectivity index (χ2v) is 8.67. The van der Waals surface area contributed by atoms with Crippen LogP contribution in [0.4, 0.5) is 18.9 Å². The molecule has 2 N–H and O–H groups in total. The average Bonchev–Trinajstić information content (AvgIpc) is 3.20. The van der Waals surface area contributed by atoms with Crippen molar-refractivity contribution < 1.29 is 35.6 Å². The second-order valence-electron chi connectivity index (χ2n) is 6.68. The second kappa shape index (κ2) is 9.27. The SMILES string of the molecule is O=C(NCC(F)(F)F)c1cccc(NC(=O)c2occc2CS(=O)(=O)c2ccccc2)c1. The largest absolute Gasteiger partial charge is 0.459 e. The summed E-state index contributed by atoms with van der Waals surface area (Å²) >= 11 is 0. The van der Waals surface area contributed by atoms with Gasteiger partial charge < -0.3 is 15.1 Å². The van der Waals surface area contributed by atoms with Crippen LogP contribution in [-0.4, -0.2) is 33.0 Å². The van der Waals surface area contributed by atoms with Crippen molar-refractivity contribution in [3.05, 3.63) is 83.8 Å². The van der Waals surface area contributed by atoms with Crippen LogP contribution in [0.5, 0.6) is 0 Å². The van der Waals surface area contributed by atoms with Crippen molar-refractivity contribution in [2.24, 2.45) is 0 Å². The number of alkyl halides is 3. The Morgan fingerprint density at radius 1 is 0.938 bits per heavy atom. The van der Waals surface area contributed by atoms with E-state index < -0.39 is 40.1 Å². The van der Waals surface area contributed by atoms with E-state index in [1.54, 1.807) is 23.5 Å². The first-order valence-electron chi connectivity index (χ1n) is 9.16. The number of hydrogen-bond acceptors (Lipinski definition) is 5. The van der Waals surface area contributed by atoms with Gasteiger partial charge in [-0.3, -0.25) is 9.59 Å². The molecule has 0 atom stereocenters. The number of anilines is 1. The van der Waals surface area contributed by atoms with Crippen LogP contribution in [0.2, 0.25) is 0 Å². The van der Waals surface area contributed by atoms with E-state index in [0.717, 1.165) is 0 Å². The van der Waals surface area contributed by atoms with Crippen molar-refractivity contribution in [3.8, 4) is 0 Å². The summed E-state index contributed by atoms with van der Waals surface area (Å²) in [6.07, 6.45) is -3.39. The number of benzene rings is 2. The fourth-order valence-corrected chi connectivity index (χ4v) is 4.15. The lowest BCUT2D eigenvalue weighted by Gasteiger charge is -2.10. The van der Waals surface area contributed by atoms with Crippen LogP contribution >= 0.6 is 0 Å². The first-order valence-corrected chi connectivity index (χ1v) is 10.8. The van der Waals surface area contributed by atoms with Gasteiger partial charge >= 0.3 is 6.18 Å². The maximum absolute atomic E-state index is 12.6. The van der Waals surface area contributed by atoms with Crippen LogP contribution < -0.4 is 10.6 Å². The Morgan fingerprint density at radius 2 is 1.66 bits per heavy atom. The Hall–Kier alpha value is -3.60. The van der Waals surface area contributed by atoms with Crippen LogP contribution in [-0.2, 0) is 15.6 Å². The monoisotopic (exact) mass is 466 g/mol. The zero-order chi connectivity index (χ0) is 23.4. The van der Waals surface area contributed by atoms with E-state index in [2.05, 4.69) is 5.32 Å². The number of carbonyl (C=O) groups excluding carboxylic acids is 2. The lowest BCUT2D eigenvalue weighted by molar-refractivity contribution is -0.123. The maximum atomic E-state index is 12.6. The van der Waals surface area contributed by atoms with E-state index in [-0.39, 0.29) is 27.5 Å². The number of rotatable bonds is 7. The predicted octanol–water partition coefficient (Wildman–Crippen LogP) is 3.80. The average molecular weight is 466 g/mol. The van der Waals surface area contributed by atoms with Crippen LogP contribution in [0.3, 0.4) is 0 Å². The highest BCUT2D eigenvalue weighted by Gasteiger charge is 2.28. The van der Waals surface area contributed by atoms with Gasteiger partial charge in [0, 0.05) is 16.8 Å². The summed E-state index contributed by atoms with van der Waals surface area (Å²) in [6, 6.07) is 14.3. The molecule has 7 nitrogen and oxygen atoms in total. The molecular weight excluding hydrogens is 449 g/mol. The van der Waals surface area contributed by atoms with Gasteiger partial charge in [-0.2, -0.15) is 13.2 Å². The summed E-state index contributed by atoms with van der Waals surface area (Å²) in [7, 11) is -3.73. The Labute approximate surface area is 181 Å². The molecular formula is C21H17F3N2O5S. The number of amides is 2. The highest BCUT2D eigenvalue weighted by molar-refractivity contribution is 7.90.